The first-order valence-corrected chi connectivity index (χ1v) is 12.1. The van der Waals surface area contributed by atoms with Crippen LogP contribution in [0.15, 0.2) is 12.5 Å². The van der Waals surface area contributed by atoms with E-state index >= 15 is 0 Å². The van der Waals surface area contributed by atoms with Gasteiger partial charge in [0.25, 0.3) is 0 Å². The maximum atomic E-state index is 13.0. The van der Waals surface area contributed by atoms with Crippen molar-refractivity contribution in [1.29, 1.82) is 0 Å². The van der Waals surface area contributed by atoms with Crippen molar-refractivity contribution in [2.75, 3.05) is 18.6 Å². The lowest BCUT2D eigenvalue weighted by molar-refractivity contribution is -0.141. The topological polar surface area (TPSA) is 205 Å². The number of aromatic amines is 1. The molecule has 4 atom stereocenters. The predicted octanol–water partition coefficient (Wildman–Crippen LogP) is -1.28. The minimum absolute atomic E-state index is 0.0612. The molecule has 0 bridgehead atoms. The number of carbonyl (C=O) groups excluding carboxylic acids is 3. The standard InChI is InChI=1S/C20H35N7O5S/c1-12(20(31)32)25-19(30)16(9-13-10-23-11-24-13)27-18(29)15(6-8-33-2)26-17(28)14(22)5-3-4-7-21/h10-12,14-16H,3-9,21-22H2,1-2H3,(H,23,24)(H,25,30)(H,26,28)(H,27,29)(H,31,32). The van der Waals surface area contributed by atoms with E-state index in [0.717, 1.165) is 6.42 Å². The molecule has 12 nitrogen and oxygen atoms in total. The molecule has 0 aliphatic rings. The van der Waals surface area contributed by atoms with E-state index in [-0.39, 0.29) is 6.42 Å². The summed E-state index contributed by atoms with van der Waals surface area (Å²) in [5.74, 6) is -2.30. The van der Waals surface area contributed by atoms with Gasteiger partial charge in [-0.2, -0.15) is 11.8 Å². The van der Waals surface area contributed by atoms with Crippen LogP contribution in [0, 0.1) is 0 Å². The molecule has 4 unspecified atom stereocenters. The first-order chi connectivity index (χ1) is 15.7. The van der Waals surface area contributed by atoms with Crippen molar-refractivity contribution in [1.82, 2.24) is 25.9 Å². The summed E-state index contributed by atoms with van der Waals surface area (Å²) in [7, 11) is 0. The van der Waals surface area contributed by atoms with Crippen LogP contribution in [0.4, 0.5) is 0 Å². The third-order valence-corrected chi connectivity index (χ3v) is 5.53. The van der Waals surface area contributed by atoms with Gasteiger partial charge in [-0.1, -0.05) is 6.42 Å². The molecule has 13 heteroatoms. The molecule has 0 radical (unpaired) electrons. The van der Waals surface area contributed by atoms with Crippen LogP contribution in [-0.4, -0.2) is 81.5 Å². The molecule has 0 aliphatic heterocycles. The Labute approximate surface area is 197 Å². The Balaban J connectivity index is 2.90. The highest BCUT2D eigenvalue weighted by Crippen LogP contribution is 2.06. The number of imidazole rings is 1. The monoisotopic (exact) mass is 485 g/mol. The number of carbonyl (C=O) groups is 4. The van der Waals surface area contributed by atoms with Crippen molar-refractivity contribution in [3.8, 4) is 0 Å². The normalized spacial score (nSPS) is 14.5. The van der Waals surface area contributed by atoms with Gasteiger partial charge < -0.3 is 37.5 Å². The largest absolute Gasteiger partial charge is 0.480 e. The Morgan fingerprint density at radius 1 is 1.09 bits per heavy atom. The first kappa shape index (κ1) is 28.4. The number of aromatic nitrogens is 2. The molecule has 33 heavy (non-hydrogen) atoms. The Kier molecular flexibility index (Phi) is 13.1. The zero-order valence-corrected chi connectivity index (χ0v) is 19.8. The number of rotatable bonds is 16. The molecule has 1 rings (SSSR count). The minimum atomic E-state index is -1.20. The minimum Gasteiger partial charge on any atom is -0.480 e. The number of H-pyrrole nitrogens is 1. The SMILES string of the molecule is CSCCC(NC(=O)C(N)CCCCN)C(=O)NC(Cc1cnc[nH]1)C(=O)NC(C)C(=O)O. The van der Waals surface area contributed by atoms with E-state index in [9.17, 15) is 19.2 Å². The van der Waals surface area contributed by atoms with Gasteiger partial charge in [-0.05, 0) is 44.7 Å². The number of thioether (sulfide) groups is 1. The van der Waals surface area contributed by atoms with E-state index in [0.29, 0.717) is 37.3 Å². The van der Waals surface area contributed by atoms with Gasteiger partial charge in [0, 0.05) is 18.3 Å². The van der Waals surface area contributed by atoms with Gasteiger partial charge in [0.15, 0.2) is 0 Å². The molecule has 0 aliphatic carbocycles. The maximum absolute atomic E-state index is 13.0. The fourth-order valence-corrected chi connectivity index (χ4v) is 3.37. The molecule has 0 saturated heterocycles. The lowest BCUT2D eigenvalue weighted by atomic mass is 10.1. The quantitative estimate of drug-likeness (QED) is 0.139. The van der Waals surface area contributed by atoms with Crippen molar-refractivity contribution in [3.05, 3.63) is 18.2 Å². The Hall–Kier alpha value is -2.64. The molecule has 1 heterocycles. The molecule has 1 aromatic rings. The highest BCUT2D eigenvalue weighted by atomic mass is 32.2. The predicted molar refractivity (Wildman–Crippen MR) is 125 cm³/mol. The van der Waals surface area contributed by atoms with Gasteiger partial charge in [0.1, 0.15) is 18.1 Å². The molecule has 0 saturated carbocycles. The van der Waals surface area contributed by atoms with Gasteiger partial charge in [-0.3, -0.25) is 19.2 Å². The Morgan fingerprint density at radius 2 is 1.76 bits per heavy atom. The maximum Gasteiger partial charge on any atom is 0.325 e. The van der Waals surface area contributed by atoms with Crippen molar-refractivity contribution >= 4 is 35.5 Å². The van der Waals surface area contributed by atoms with E-state index in [2.05, 4.69) is 25.9 Å². The van der Waals surface area contributed by atoms with Crippen molar-refractivity contribution < 1.29 is 24.3 Å². The number of nitrogens with one attached hydrogen (secondary N) is 4. The zero-order chi connectivity index (χ0) is 24.8. The van der Waals surface area contributed by atoms with Gasteiger partial charge in [0.2, 0.25) is 17.7 Å². The van der Waals surface area contributed by atoms with E-state index in [1.54, 1.807) is 0 Å². The summed E-state index contributed by atoms with van der Waals surface area (Å²) in [4.78, 5) is 56.1. The number of nitrogens with zero attached hydrogens (tertiary/aromatic N) is 1. The fraction of sp³-hybridized carbons (Fsp3) is 0.650. The molecule has 0 aromatic carbocycles. The molecule has 9 N–H and O–H groups in total. The molecule has 0 spiro atoms. The summed E-state index contributed by atoms with van der Waals surface area (Å²) >= 11 is 1.51. The van der Waals surface area contributed by atoms with Crippen molar-refractivity contribution in [3.63, 3.8) is 0 Å². The van der Waals surface area contributed by atoms with Gasteiger partial charge in [-0.25, -0.2) is 4.98 Å². The summed E-state index contributed by atoms with van der Waals surface area (Å²) in [6.07, 6.45) is 7.08. The summed E-state index contributed by atoms with van der Waals surface area (Å²) < 4.78 is 0. The van der Waals surface area contributed by atoms with Crippen LogP contribution in [-0.2, 0) is 25.6 Å². The third-order valence-electron chi connectivity index (χ3n) is 4.89. The van der Waals surface area contributed by atoms with Crippen LogP contribution < -0.4 is 27.4 Å². The summed E-state index contributed by atoms with van der Waals surface area (Å²) in [6.45, 7) is 1.83. The second-order valence-corrected chi connectivity index (χ2v) is 8.63. The Morgan fingerprint density at radius 3 is 2.33 bits per heavy atom. The van der Waals surface area contributed by atoms with Gasteiger partial charge >= 0.3 is 5.97 Å². The molecule has 186 valence electrons. The van der Waals surface area contributed by atoms with Crippen LogP contribution in [0.3, 0.4) is 0 Å². The second kappa shape index (κ2) is 15.2. The molecule has 3 amide bonds. The summed E-state index contributed by atoms with van der Waals surface area (Å²) in [5.41, 5.74) is 12.0. The van der Waals surface area contributed by atoms with Crippen LogP contribution >= 0.6 is 11.8 Å². The second-order valence-electron chi connectivity index (χ2n) is 7.64. The first-order valence-electron chi connectivity index (χ1n) is 10.7. The van der Waals surface area contributed by atoms with Gasteiger partial charge in [-0.15, -0.1) is 0 Å². The average Bonchev–Trinajstić information content (AvgIpc) is 3.28. The lowest BCUT2D eigenvalue weighted by Gasteiger charge is -2.24. The molecular weight excluding hydrogens is 450 g/mol. The van der Waals surface area contributed by atoms with Crippen LogP contribution in [0.25, 0.3) is 0 Å². The van der Waals surface area contributed by atoms with E-state index < -0.39 is 47.9 Å². The smallest absolute Gasteiger partial charge is 0.325 e. The number of amides is 3. The van der Waals surface area contributed by atoms with E-state index in [4.69, 9.17) is 16.6 Å². The molecule has 0 fully saturated rings. The van der Waals surface area contributed by atoms with Crippen LogP contribution in [0.2, 0.25) is 0 Å². The molecule has 1 aromatic heterocycles. The van der Waals surface area contributed by atoms with Crippen molar-refractivity contribution in [2.24, 2.45) is 11.5 Å². The fourth-order valence-electron chi connectivity index (χ4n) is 2.90. The highest BCUT2D eigenvalue weighted by molar-refractivity contribution is 7.98. The number of aliphatic carboxylic acids is 1. The van der Waals surface area contributed by atoms with Crippen LogP contribution in [0.5, 0.6) is 0 Å². The number of carboxylic acids is 1. The van der Waals surface area contributed by atoms with Crippen LogP contribution in [0.1, 0.15) is 38.3 Å². The number of unbranched alkanes of at least 4 members (excludes halogenated alkanes) is 1. The van der Waals surface area contributed by atoms with Gasteiger partial charge in [0.05, 0.1) is 12.4 Å². The number of nitrogens with two attached hydrogens (primary N) is 2. The zero-order valence-electron chi connectivity index (χ0n) is 19.0. The summed E-state index contributed by atoms with van der Waals surface area (Å²) in [6, 6.07) is -3.90. The average molecular weight is 486 g/mol. The summed E-state index contributed by atoms with van der Waals surface area (Å²) in [5, 5.41) is 16.7. The van der Waals surface area contributed by atoms with E-state index in [1.165, 1.54) is 31.2 Å². The number of hydrogen-bond acceptors (Lipinski definition) is 8. The Bertz CT molecular complexity index is 762. The third kappa shape index (κ3) is 10.7. The number of carboxylic acid groups (broad SMARTS) is 1. The highest BCUT2D eigenvalue weighted by Gasteiger charge is 2.29. The molecular formula is C20H35N7O5S. The number of hydrogen-bond donors (Lipinski definition) is 7. The van der Waals surface area contributed by atoms with E-state index in [1.807, 2.05) is 6.26 Å². The van der Waals surface area contributed by atoms with Crippen molar-refractivity contribution in [2.45, 2.75) is 63.2 Å². The lowest BCUT2D eigenvalue weighted by Crippen LogP contribution is -2.57.